The smallest absolute Gasteiger partial charge is 0.126 e. The van der Waals surface area contributed by atoms with Gasteiger partial charge in [-0.25, -0.2) is 0 Å². The number of aliphatic hydroxyl groups excluding tert-OH is 1. The van der Waals surface area contributed by atoms with Gasteiger partial charge in [-0.1, -0.05) is 0 Å². The number of likely N-dealkylation sites (N-methyl/N-ethyl adjacent to an activating group) is 1. The number of Topliss-reactive ketones (excluding diaryl/α,β-unsaturated/α-hetero) is 1. The Labute approximate surface area is 62.7 Å². The van der Waals surface area contributed by atoms with Gasteiger partial charge in [0.05, 0.1) is 6.61 Å². The zero-order valence-corrected chi connectivity index (χ0v) is 7.22. The van der Waals surface area contributed by atoms with Crippen LogP contribution in [0.3, 0.4) is 0 Å². The molecule has 0 spiro atoms. The predicted octanol–water partition coefficient (Wildman–Crippen LogP) is 0.136. The van der Waals surface area contributed by atoms with Crippen LogP contribution in [0.5, 0.6) is 0 Å². The fourth-order valence-electron chi connectivity index (χ4n) is 0.200. The standard InChI is InChI=1S/C4H11NO.C3H6O/c1-5(2)3-4-6;1-3(2)4/h6H,3-4H2,1-2H3;1-2H3. The molecule has 0 saturated carbocycles. The second kappa shape index (κ2) is 8.59. The first kappa shape index (κ1) is 12.3. The van der Waals surface area contributed by atoms with Crippen LogP contribution in [-0.2, 0) is 4.79 Å². The van der Waals surface area contributed by atoms with Gasteiger partial charge in [0.1, 0.15) is 5.78 Å². The summed E-state index contributed by atoms with van der Waals surface area (Å²) in [5, 5.41) is 8.20. The van der Waals surface area contributed by atoms with Crippen molar-refractivity contribution in [3.63, 3.8) is 0 Å². The van der Waals surface area contributed by atoms with E-state index >= 15 is 0 Å². The molecule has 0 rings (SSSR count). The first-order valence-corrected chi connectivity index (χ1v) is 3.23. The maximum atomic E-state index is 9.44. The lowest BCUT2D eigenvalue weighted by atomic mass is 10.6. The van der Waals surface area contributed by atoms with Crippen molar-refractivity contribution < 1.29 is 9.90 Å². The van der Waals surface area contributed by atoms with Crippen LogP contribution in [0.15, 0.2) is 0 Å². The van der Waals surface area contributed by atoms with Crippen LogP contribution < -0.4 is 0 Å². The molecule has 0 aromatic rings. The molecule has 3 nitrogen and oxygen atoms in total. The number of nitrogens with zero attached hydrogens (tertiary/aromatic N) is 1. The molecule has 0 radical (unpaired) electrons. The van der Waals surface area contributed by atoms with E-state index in [-0.39, 0.29) is 12.4 Å². The highest BCUT2D eigenvalue weighted by molar-refractivity contribution is 5.72. The molecule has 0 heterocycles. The minimum atomic E-state index is 0.167. The van der Waals surface area contributed by atoms with Gasteiger partial charge < -0.3 is 14.8 Å². The molecule has 0 aliphatic carbocycles. The molecule has 10 heavy (non-hydrogen) atoms. The van der Waals surface area contributed by atoms with Gasteiger partial charge in [0.2, 0.25) is 0 Å². The van der Waals surface area contributed by atoms with Crippen LogP contribution >= 0.6 is 0 Å². The Kier molecular flexibility index (Phi) is 10.6. The lowest BCUT2D eigenvalue weighted by Crippen LogP contribution is -2.15. The molecular weight excluding hydrogens is 130 g/mol. The average Bonchev–Trinajstić information content (AvgIpc) is 1.62. The summed E-state index contributed by atoms with van der Waals surface area (Å²) in [6, 6.07) is 0. The molecule has 1 N–H and O–H groups in total. The number of aliphatic hydroxyl groups is 1. The molecule has 0 aromatic heterocycles. The summed E-state index contributed by atoms with van der Waals surface area (Å²) in [4.78, 5) is 11.4. The number of hydrogen-bond acceptors (Lipinski definition) is 3. The summed E-state index contributed by atoms with van der Waals surface area (Å²) in [5.41, 5.74) is 0. The van der Waals surface area contributed by atoms with E-state index in [4.69, 9.17) is 5.11 Å². The maximum absolute atomic E-state index is 9.44. The summed E-state index contributed by atoms with van der Waals surface area (Å²) < 4.78 is 0. The van der Waals surface area contributed by atoms with E-state index in [1.54, 1.807) is 0 Å². The normalized spacial score (nSPS) is 8.60. The van der Waals surface area contributed by atoms with Crippen molar-refractivity contribution in [3.05, 3.63) is 0 Å². The molecule has 0 saturated heterocycles. The van der Waals surface area contributed by atoms with Gasteiger partial charge in [-0.3, -0.25) is 0 Å². The van der Waals surface area contributed by atoms with Gasteiger partial charge in [-0.2, -0.15) is 0 Å². The number of carbonyl (C=O) groups excluding carboxylic acids is 1. The minimum Gasteiger partial charge on any atom is -0.395 e. The van der Waals surface area contributed by atoms with E-state index in [1.165, 1.54) is 13.8 Å². The number of carbonyl (C=O) groups is 1. The number of rotatable bonds is 2. The Bertz CT molecular complexity index is 77.7. The molecule has 0 bridgehead atoms. The van der Waals surface area contributed by atoms with Crippen LogP contribution in [0.4, 0.5) is 0 Å². The molecule has 3 heteroatoms. The Balaban J connectivity index is 0. The summed E-state index contributed by atoms with van der Waals surface area (Å²) in [6.45, 7) is 4.08. The largest absolute Gasteiger partial charge is 0.395 e. The number of ketones is 1. The monoisotopic (exact) mass is 147 g/mol. The van der Waals surface area contributed by atoms with Crippen molar-refractivity contribution in [2.75, 3.05) is 27.2 Å². The first-order chi connectivity index (χ1) is 4.50. The van der Waals surface area contributed by atoms with Crippen molar-refractivity contribution in [1.29, 1.82) is 0 Å². The van der Waals surface area contributed by atoms with E-state index in [0.29, 0.717) is 0 Å². The van der Waals surface area contributed by atoms with Crippen molar-refractivity contribution in [3.8, 4) is 0 Å². The molecular formula is C7H17NO2. The van der Waals surface area contributed by atoms with Crippen molar-refractivity contribution >= 4 is 5.78 Å². The molecule has 62 valence electrons. The van der Waals surface area contributed by atoms with Gasteiger partial charge in [-0.15, -0.1) is 0 Å². The Morgan fingerprint density at radius 1 is 1.40 bits per heavy atom. The Morgan fingerprint density at radius 2 is 1.70 bits per heavy atom. The molecule has 0 aliphatic rings. The first-order valence-electron chi connectivity index (χ1n) is 3.23. The molecule has 0 atom stereocenters. The summed E-state index contributed by atoms with van der Waals surface area (Å²) in [5.74, 6) is 0.167. The topological polar surface area (TPSA) is 40.5 Å². The van der Waals surface area contributed by atoms with Crippen LogP contribution in [0.2, 0.25) is 0 Å². The quantitative estimate of drug-likeness (QED) is 0.604. The molecule has 0 amide bonds. The van der Waals surface area contributed by atoms with Gasteiger partial charge in [0.15, 0.2) is 0 Å². The van der Waals surface area contributed by atoms with E-state index < -0.39 is 0 Å². The van der Waals surface area contributed by atoms with Gasteiger partial charge in [0, 0.05) is 6.54 Å². The third-order valence-electron chi connectivity index (χ3n) is 0.547. The Morgan fingerprint density at radius 3 is 1.70 bits per heavy atom. The maximum Gasteiger partial charge on any atom is 0.126 e. The predicted molar refractivity (Wildman–Crippen MR) is 42.0 cm³/mol. The highest BCUT2D eigenvalue weighted by atomic mass is 16.3. The average molecular weight is 147 g/mol. The van der Waals surface area contributed by atoms with Crippen LogP contribution in [0.1, 0.15) is 13.8 Å². The molecule has 0 unspecified atom stereocenters. The SMILES string of the molecule is CC(C)=O.CN(C)CCO. The third-order valence-corrected chi connectivity index (χ3v) is 0.547. The lowest BCUT2D eigenvalue weighted by molar-refractivity contribution is -0.114. The minimum absolute atomic E-state index is 0.167. The zero-order chi connectivity index (χ0) is 8.57. The third kappa shape index (κ3) is 49.1. The zero-order valence-electron chi connectivity index (χ0n) is 7.22. The van der Waals surface area contributed by atoms with E-state index in [0.717, 1.165) is 6.54 Å². The van der Waals surface area contributed by atoms with E-state index in [1.807, 2.05) is 19.0 Å². The van der Waals surface area contributed by atoms with Crippen molar-refractivity contribution in [2.45, 2.75) is 13.8 Å². The summed E-state index contributed by atoms with van der Waals surface area (Å²) in [6.07, 6.45) is 0. The fraction of sp³-hybridized carbons (Fsp3) is 0.857. The summed E-state index contributed by atoms with van der Waals surface area (Å²) >= 11 is 0. The molecule has 0 fully saturated rings. The second-order valence-corrected chi connectivity index (χ2v) is 2.44. The number of hydrogen-bond donors (Lipinski definition) is 1. The van der Waals surface area contributed by atoms with Crippen molar-refractivity contribution in [1.82, 2.24) is 4.90 Å². The summed E-state index contributed by atoms with van der Waals surface area (Å²) in [7, 11) is 3.85. The van der Waals surface area contributed by atoms with Crippen LogP contribution in [-0.4, -0.2) is 43.0 Å². The fourth-order valence-corrected chi connectivity index (χ4v) is 0.200. The highest BCUT2D eigenvalue weighted by Gasteiger charge is 1.80. The van der Waals surface area contributed by atoms with Gasteiger partial charge in [0.25, 0.3) is 0 Å². The van der Waals surface area contributed by atoms with E-state index in [2.05, 4.69) is 0 Å². The molecule has 0 aliphatic heterocycles. The highest BCUT2D eigenvalue weighted by Crippen LogP contribution is 1.66. The molecule has 0 aromatic carbocycles. The second-order valence-electron chi connectivity index (χ2n) is 2.44. The Hall–Kier alpha value is -0.410. The van der Waals surface area contributed by atoms with Crippen molar-refractivity contribution in [2.24, 2.45) is 0 Å². The van der Waals surface area contributed by atoms with Gasteiger partial charge in [-0.05, 0) is 27.9 Å². The van der Waals surface area contributed by atoms with Crippen LogP contribution in [0, 0.1) is 0 Å². The van der Waals surface area contributed by atoms with E-state index in [9.17, 15) is 4.79 Å². The lowest BCUT2D eigenvalue weighted by Gasteiger charge is -2.03. The van der Waals surface area contributed by atoms with Gasteiger partial charge >= 0.3 is 0 Å². The van der Waals surface area contributed by atoms with Crippen LogP contribution in [0.25, 0.3) is 0 Å².